The van der Waals surface area contributed by atoms with Crippen LogP contribution in [0.15, 0.2) is 41.9 Å². The van der Waals surface area contributed by atoms with E-state index >= 15 is 0 Å². The third-order valence-corrected chi connectivity index (χ3v) is 6.97. The van der Waals surface area contributed by atoms with E-state index in [1.165, 1.54) is 0 Å². The van der Waals surface area contributed by atoms with Crippen molar-refractivity contribution in [2.75, 3.05) is 18.4 Å². The van der Waals surface area contributed by atoms with Gasteiger partial charge in [0.05, 0.1) is 35.1 Å². The molecule has 1 aliphatic rings. The number of allylic oxidation sites excluding steroid dienone is 3. The zero-order chi connectivity index (χ0) is 28.7. The number of aromatic nitrogens is 4. The number of nitrogens with zero attached hydrogens (tertiary/aromatic N) is 5. The highest BCUT2D eigenvalue weighted by atomic mass is 19.4. The highest BCUT2D eigenvalue weighted by molar-refractivity contribution is 5.80. The van der Waals surface area contributed by atoms with Crippen molar-refractivity contribution in [2.24, 2.45) is 11.7 Å². The van der Waals surface area contributed by atoms with Crippen molar-refractivity contribution in [3.05, 3.63) is 53.1 Å². The number of rotatable bonds is 10. The molecule has 2 aromatic heterocycles. The van der Waals surface area contributed by atoms with E-state index in [9.17, 15) is 22.8 Å². The fourth-order valence-corrected chi connectivity index (χ4v) is 4.81. The highest BCUT2D eigenvalue weighted by Crippen LogP contribution is 2.33. The number of aryl methyl sites for hydroxylation is 1. The molecule has 1 unspecified atom stereocenters. The number of hydrogen-bond acceptors (Lipinski definition) is 6. The lowest BCUT2D eigenvalue weighted by Gasteiger charge is -2.31. The van der Waals surface area contributed by atoms with Gasteiger partial charge in [0.15, 0.2) is 0 Å². The lowest BCUT2D eigenvalue weighted by atomic mass is 9.89. The van der Waals surface area contributed by atoms with Crippen LogP contribution in [-0.4, -0.2) is 49.6 Å². The molecule has 1 aliphatic heterocycles. The first-order valence-corrected chi connectivity index (χ1v) is 13.1. The first kappa shape index (κ1) is 29.9. The van der Waals surface area contributed by atoms with Gasteiger partial charge >= 0.3 is 6.18 Å². The van der Waals surface area contributed by atoms with E-state index in [0.29, 0.717) is 30.8 Å². The number of likely N-dealkylation sites (tertiary alicyclic amines) is 1. The molecular formula is C27H36F3N7O2. The molecule has 0 bridgehead atoms. The molecule has 0 saturated carbocycles. The van der Waals surface area contributed by atoms with E-state index < -0.39 is 23.6 Å². The lowest BCUT2D eigenvalue weighted by molar-refractivity contribution is -0.138. The van der Waals surface area contributed by atoms with E-state index in [1.807, 2.05) is 13.0 Å². The number of nitrogens with two attached hydrogens (primary N) is 1. The van der Waals surface area contributed by atoms with E-state index in [2.05, 4.69) is 20.4 Å². The van der Waals surface area contributed by atoms with E-state index in [1.54, 1.807) is 48.8 Å². The van der Waals surface area contributed by atoms with Crippen LogP contribution in [-0.2, 0) is 22.2 Å². The second kappa shape index (κ2) is 12.9. The van der Waals surface area contributed by atoms with Crippen molar-refractivity contribution in [2.45, 2.75) is 72.0 Å². The molecule has 0 spiro atoms. The number of primary amides is 1. The van der Waals surface area contributed by atoms with Crippen LogP contribution in [0.5, 0.6) is 0 Å². The maximum atomic E-state index is 13.8. The number of amides is 2. The summed E-state index contributed by atoms with van der Waals surface area (Å²) in [6.45, 7) is 8.23. The van der Waals surface area contributed by atoms with Gasteiger partial charge in [-0.15, -0.1) is 0 Å². The Bertz CT molecular complexity index is 1230. The van der Waals surface area contributed by atoms with Crippen molar-refractivity contribution in [3.8, 4) is 0 Å². The predicted molar refractivity (Wildman–Crippen MR) is 142 cm³/mol. The number of nitrogens with one attached hydrogen (secondary N) is 1. The molecule has 0 aromatic carbocycles. The number of anilines is 2. The molecule has 3 rings (SSSR count). The third kappa shape index (κ3) is 7.67. The SMILES string of the molecule is C/C=C(\C(=C/CC)CCc1nc(Nc2cnn(C3CCN(C(C)=O)CC3)c2)ncc1C(F)(F)F)C(C)C(N)=O. The fourth-order valence-electron chi connectivity index (χ4n) is 4.81. The quantitative estimate of drug-likeness (QED) is 0.406. The van der Waals surface area contributed by atoms with Gasteiger partial charge in [-0.1, -0.05) is 19.1 Å². The molecule has 39 heavy (non-hydrogen) atoms. The van der Waals surface area contributed by atoms with Crippen LogP contribution in [0.25, 0.3) is 0 Å². The van der Waals surface area contributed by atoms with Crippen LogP contribution >= 0.6 is 0 Å². The largest absolute Gasteiger partial charge is 0.419 e. The highest BCUT2D eigenvalue weighted by Gasteiger charge is 2.35. The van der Waals surface area contributed by atoms with Gasteiger partial charge in [0.1, 0.15) is 0 Å². The summed E-state index contributed by atoms with van der Waals surface area (Å²) >= 11 is 0. The Morgan fingerprint density at radius 3 is 2.51 bits per heavy atom. The smallest absolute Gasteiger partial charge is 0.369 e. The summed E-state index contributed by atoms with van der Waals surface area (Å²) in [5.74, 6) is -0.988. The van der Waals surface area contributed by atoms with Gasteiger partial charge in [-0.25, -0.2) is 9.97 Å². The molecule has 3 N–H and O–H groups in total. The lowest BCUT2D eigenvalue weighted by Crippen LogP contribution is -2.37. The monoisotopic (exact) mass is 547 g/mol. The van der Waals surface area contributed by atoms with Crippen LogP contribution < -0.4 is 11.1 Å². The Morgan fingerprint density at radius 2 is 1.95 bits per heavy atom. The van der Waals surface area contributed by atoms with Crippen LogP contribution in [0, 0.1) is 5.92 Å². The summed E-state index contributed by atoms with van der Waals surface area (Å²) in [6, 6.07) is 0.118. The molecule has 1 fully saturated rings. The molecule has 2 aromatic rings. The summed E-state index contributed by atoms with van der Waals surface area (Å²) in [5.41, 5.74) is 6.46. The third-order valence-electron chi connectivity index (χ3n) is 6.97. The second-order valence-electron chi connectivity index (χ2n) is 9.63. The number of alkyl halides is 3. The van der Waals surface area contributed by atoms with Crippen molar-refractivity contribution in [1.82, 2.24) is 24.6 Å². The number of carbonyl (C=O) groups excluding carboxylic acids is 2. The average molecular weight is 548 g/mol. The first-order valence-electron chi connectivity index (χ1n) is 13.1. The molecule has 0 aliphatic carbocycles. The van der Waals surface area contributed by atoms with Crippen LogP contribution in [0.4, 0.5) is 24.8 Å². The van der Waals surface area contributed by atoms with Gasteiger partial charge in [-0.05, 0) is 57.1 Å². The summed E-state index contributed by atoms with van der Waals surface area (Å²) in [6.07, 6.45) is 5.60. The normalized spacial score (nSPS) is 16.3. The maximum absolute atomic E-state index is 13.8. The number of hydrogen-bond donors (Lipinski definition) is 2. The summed E-state index contributed by atoms with van der Waals surface area (Å²) < 4.78 is 43.2. The molecule has 1 atom stereocenters. The van der Waals surface area contributed by atoms with Gasteiger partial charge in [-0.3, -0.25) is 14.3 Å². The van der Waals surface area contributed by atoms with Crippen molar-refractivity contribution >= 4 is 23.5 Å². The van der Waals surface area contributed by atoms with E-state index in [4.69, 9.17) is 5.73 Å². The van der Waals surface area contributed by atoms with Crippen LogP contribution in [0.3, 0.4) is 0 Å². The van der Waals surface area contributed by atoms with E-state index in [-0.39, 0.29) is 36.4 Å². The van der Waals surface area contributed by atoms with Crippen LogP contribution in [0.1, 0.15) is 70.7 Å². The minimum absolute atomic E-state index is 0.00527. The zero-order valence-corrected chi connectivity index (χ0v) is 22.8. The Morgan fingerprint density at radius 1 is 1.26 bits per heavy atom. The summed E-state index contributed by atoms with van der Waals surface area (Å²) in [4.78, 5) is 33.3. The average Bonchev–Trinajstić information content (AvgIpc) is 3.35. The van der Waals surface area contributed by atoms with Gasteiger partial charge in [0.2, 0.25) is 17.8 Å². The Balaban J connectivity index is 1.79. The standard InChI is InChI=1S/C27H36F3N7O2/c1-5-7-19(22(6-2)17(3)25(31)39)8-9-24-23(27(28,29)30)15-32-26(35-24)34-20-14-33-37(16-20)21-10-12-36(13-11-21)18(4)38/h6-7,14-17,21H,5,8-13H2,1-4H3,(H2,31,39)(H,32,34,35)/b19-7-,22-6-. The predicted octanol–water partition coefficient (Wildman–Crippen LogP) is 4.96. The van der Waals surface area contributed by atoms with Crippen molar-refractivity contribution in [3.63, 3.8) is 0 Å². The minimum Gasteiger partial charge on any atom is -0.369 e. The molecule has 3 heterocycles. The topological polar surface area (TPSA) is 119 Å². The minimum atomic E-state index is -4.62. The number of halogens is 3. The van der Waals surface area contributed by atoms with Crippen molar-refractivity contribution in [1.29, 1.82) is 0 Å². The molecule has 1 saturated heterocycles. The van der Waals surface area contributed by atoms with E-state index in [0.717, 1.165) is 24.6 Å². The number of piperidine rings is 1. The Kier molecular flexibility index (Phi) is 9.87. The Labute approximate surface area is 226 Å². The van der Waals surface area contributed by atoms with Crippen molar-refractivity contribution < 1.29 is 22.8 Å². The van der Waals surface area contributed by atoms with Gasteiger partial charge in [0.25, 0.3) is 0 Å². The fraction of sp³-hybridized carbons (Fsp3) is 0.519. The van der Waals surface area contributed by atoms with Gasteiger partial charge < -0.3 is 16.0 Å². The number of carbonyl (C=O) groups is 2. The summed E-state index contributed by atoms with van der Waals surface area (Å²) in [5, 5.41) is 7.35. The molecule has 12 heteroatoms. The molecule has 2 amide bonds. The van der Waals surface area contributed by atoms with Crippen LogP contribution in [0.2, 0.25) is 0 Å². The zero-order valence-electron chi connectivity index (χ0n) is 22.8. The van der Waals surface area contributed by atoms with Gasteiger partial charge in [-0.2, -0.15) is 18.3 Å². The molecule has 9 nitrogen and oxygen atoms in total. The second-order valence-corrected chi connectivity index (χ2v) is 9.63. The first-order chi connectivity index (χ1) is 18.4. The molecule has 0 radical (unpaired) electrons. The molecule has 212 valence electrons. The van der Waals surface area contributed by atoms with Gasteiger partial charge in [0, 0.05) is 32.4 Å². The molecular weight excluding hydrogens is 511 g/mol. The summed E-state index contributed by atoms with van der Waals surface area (Å²) in [7, 11) is 0. The maximum Gasteiger partial charge on any atom is 0.419 e. The Hall–Kier alpha value is -3.70.